The zero-order valence-corrected chi connectivity index (χ0v) is 14.1. The third kappa shape index (κ3) is 3.65. The van der Waals surface area contributed by atoms with Gasteiger partial charge in [0.15, 0.2) is 5.78 Å². The van der Waals surface area contributed by atoms with Crippen LogP contribution in [0.4, 0.5) is 4.39 Å². The number of thiazole rings is 1. The molecule has 0 fully saturated rings. The fourth-order valence-electron chi connectivity index (χ4n) is 2.09. The summed E-state index contributed by atoms with van der Waals surface area (Å²) in [5, 5.41) is 6.81. The van der Waals surface area contributed by atoms with Gasteiger partial charge in [0.1, 0.15) is 10.8 Å². The quantitative estimate of drug-likeness (QED) is 0.502. The lowest BCUT2D eigenvalue weighted by Crippen LogP contribution is -2.00. The van der Waals surface area contributed by atoms with Crippen LogP contribution in [0.25, 0.3) is 16.6 Å². The van der Waals surface area contributed by atoms with E-state index in [0.717, 1.165) is 10.6 Å². The van der Waals surface area contributed by atoms with Gasteiger partial charge in [-0.15, -0.1) is 11.3 Å². The summed E-state index contributed by atoms with van der Waals surface area (Å²) in [6, 6.07) is 6.40. The summed E-state index contributed by atoms with van der Waals surface area (Å²) in [6.45, 7) is 4.01. The molecule has 0 saturated carbocycles. The van der Waals surface area contributed by atoms with E-state index in [9.17, 15) is 9.18 Å². The first-order valence-corrected chi connectivity index (χ1v) is 8.39. The van der Waals surface area contributed by atoms with Crippen LogP contribution in [0.3, 0.4) is 0 Å². The normalized spacial score (nSPS) is 11.5. The molecule has 3 rings (SSSR count). The Hall–Kier alpha value is -2.60. The van der Waals surface area contributed by atoms with Gasteiger partial charge in [0.2, 0.25) is 0 Å². The minimum atomic E-state index is -0.275. The van der Waals surface area contributed by atoms with Crippen molar-refractivity contribution >= 4 is 23.2 Å². The van der Waals surface area contributed by atoms with Gasteiger partial charge in [-0.25, -0.2) is 9.37 Å². The summed E-state index contributed by atoms with van der Waals surface area (Å²) >= 11 is 1.45. The number of ketones is 1. The average Bonchev–Trinajstić information content (AvgIpc) is 3.23. The molecule has 0 unspecified atom stereocenters. The zero-order chi connectivity index (χ0) is 17.1. The number of carbonyl (C=O) groups is 1. The Balaban J connectivity index is 1.72. The molecule has 4 nitrogen and oxygen atoms in total. The molecule has 0 aliphatic heterocycles. The third-order valence-corrected chi connectivity index (χ3v) is 4.34. The van der Waals surface area contributed by atoms with E-state index in [-0.39, 0.29) is 17.6 Å². The number of allylic oxidation sites excluding steroid dienone is 1. The van der Waals surface area contributed by atoms with Gasteiger partial charge in [-0.05, 0) is 50.3 Å². The van der Waals surface area contributed by atoms with Gasteiger partial charge in [0.25, 0.3) is 0 Å². The van der Waals surface area contributed by atoms with Crippen molar-refractivity contribution in [2.45, 2.75) is 19.9 Å². The highest BCUT2D eigenvalue weighted by atomic mass is 32.1. The number of hydrogen-bond acceptors (Lipinski definition) is 4. The topological polar surface area (TPSA) is 47.8 Å². The molecule has 0 aliphatic carbocycles. The SMILES string of the molecule is CC(C)n1cc(C(=O)C=Cc2csc(-c3ccc(F)cc3)n2)cn1. The Morgan fingerprint density at radius 3 is 2.71 bits per heavy atom. The van der Waals surface area contributed by atoms with Crippen LogP contribution in [0.2, 0.25) is 0 Å². The van der Waals surface area contributed by atoms with Crippen LogP contribution < -0.4 is 0 Å². The first kappa shape index (κ1) is 16.3. The molecule has 1 aromatic carbocycles. The van der Waals surface area contributed by atoms with Crippen LogP contribution in [0, 0.1) is 5.82 Å². The summed E-state index contributed by atoms with van der Waals surface area (Å²) in [5.74, 6) is -0.388. The molecule has 2 heterocycles. The van der Waals surface area contributed by atoms with E-state index in [4.69, 9.17) is 0 Å². The number of nitrogens with zero attached hydrogens (tertiary/aromatic N) is 3. The van der Waals surface area contributed by atoms with Crippen molar-refractivity contribution in [2.24, 2.45) is 0 Å². The Bertz CT molecular complexity index is 878. The standard InChI is InChI=1S/C18H16FN3OS/c1-12(2)22-10-14(9-20-22)17(23)8-7-16-11-24-18(21-16)13-3-5-15(19)6-4-13/h3-12H,1-2H3. The largest absolute Gasteiger partial charge is 0.289 e. The summed E-state index contributed by atoms with van der Waals surface area (Å²) < 4.78 is 14.7. The summed E-state index contributed by atoms with van der Waals surface area (Å²) in [4.78, 5) is 16.6. The highest BCUT2D eigenvalue weighted by Crippen LogP contribution is 2.24. The van der Waals surface area contributed by atoms with E-state index < -0.39 is 0 Å². The van der Waals surface area contributed by atoms with E-state index in [1.165, 1.54) is 29.5 Å². The lowest BCUT2D eigenvalue weighted by atomic mass is 10.2. The van der Waals surface area contributed by atoms with Crippen LogP contribution in [0.1, 0.15) is 35.9 Å². The molecule has 6 heteroatoms. The predicted octanol–water partition coefficient (Wildman–Crippen LogP) is 4.62. The lowest BCUT2D eigenvalue weighted by molar-refractivity contribution is 0.104. The average molecular weight is 341 g/mol. The van der Waals surface area contributed by atoms with Crippen LogP contribution in [-0.2, 0) is 0 Å². The second-order valence-electron chi connectivity index (χ2n) is 5.58. The molecule has 24 heavy (non-hydrogen) atoms. The van der Waals surface area contributed by atoms with Gasteiger partial charge >= 0.3 is 0 Å². The van der Waals surface area contributed by atoms with Crippen molar-refractivity contribution in [1.29, 1.82) is 0 Å². The van der Waals surface area contributed by atoms with E-state index in [1.54, 1.807) is 35.3 Å². The van der Waals surface area contributed by atoms with Crippen molar-refractivity contribution in [3.63, 3.8) is 0 Å². The Kier molecular flexibility index (Phi) is 4.66. The van der Waals surface area contributed by atoms with E-state index in [0.29, 0.717) is 11.3 Å². The molecule has 0 radical (unpaired) electrons. The van der Waals surface area contributed by atoms with Gasteiger partial charge < -0.3 is 0 Å². The maximum atomic E-state index is 13.0. The number of benzene rings is 1. The number of carbonyl (C=O) groups excluding carboxylic acids is 1. The molecule has 0 aliphatic rings. The maximum Gasteiger partial charge on any atom is 0.189 e. The second-order valence-corrected chi connectivity index (χ2v) is 6.44. The lowest BCUT2D eigenvalue weighted by Gasteiger charge is -2.02. The Morgan fingerprint density at radius 1 is 1.29 bits per heavy atom. The Morgan fingerprint density at radius 2 is 2.04 bits per heavy atom. The van der Waals surface area contributed by atoms with Crippen molar-refractivity contribution in [3.8, 4) is 10.6 Å². The van der Waals surface area contributed by atoms with Gasteiger partial charge in [-0.3, -0.25) is 9.48 Å². The first-order chi connectivity index (χ1) is 11.5. The van der Waals surface area contributed by atoms with E-state index in [1.807, 2.05) is 19.2 Å². The first-order valence-electron chi connectivity index (χ1n) is 7.51. The van der Waals surface area contributed by atoms with Gasteiger partial charge in [-0.2, -0.15) is 5.10 Å². The van der Waals surface area contributed by atoms with Crippen LogP contribution in [0.15, 0.2) is 48.1 Å². The molecule has 0 N–H and O–H groups in total. The van der Waals surface area contributed by atoms with Crippen molar-refractivity contribution in [3.05, 3.63) is 65.2 Å². The molecule has 122 valence electrons. The van der Waals surface area contributed by atoms with Crippen LogP contribution in [-0.4, -0.2) is 20.5 Å². The van der Waals surface area contributed by atoms with E-state index >= 15 is 0 Å². The molecule has 0 atom stereocenters. The minimum absolute atomic E-state index is 0.113. The van der Waals surface area contributed by atoms with Gasteiger partial charge in [0.05, 0.1) is 17.5 Å². The number of aromatic nitrogens is 3. The van der Waals surface area contributed by atoms with Crippen molar-refractivity contribution < 1.29 is 9.18 Å². The summed E-state index contributed by atoms with van der Waals surface area (Å²) in [5.41, 5.74) is 2.10. The van der Waals surface area contributed by atoms with Gasteiger partial charge in [0, 0.05) is 23.2 Å². The zero-order valence-electron chi connectivity index (χ0n) is 13.3. The highest BCUT2D eigenvalue weighted by molar-refractivity contribution is 7.13. The number of halogens is 1. The summed E-state index contributed by atoms with van der Waals surface area (Å²) in [6.07, 6.45) is 6.48. The molecule has 0 saturated heterocycles. The molecular formula is C18H16FN3OS. The maximum absolute atomic E-state index is 13.0. The molecule has 0 spiro atoms. The molecular weight excluding hydrogens is 325 g/mol. The second kappa shape index (κ2) is 6.88. The fourth-order valence-corrected chi connectivity index (χ4v) is 2.89. The smallest absolute Gasteiger partial charge is 0.189 e. The molecule has 2 aromatic heterocycles. The monoisotopic (exact) mass is 341 g/mol. The van der Waals surface area contributed by atoms with Gasteiger partial charge in [-0.1, -0.05) is 0 Å². The molecule has 0 bridgehead atoms. The fraction of sp³-hybridized carbons (Fsp3) is 0.167. The summed E-state index contributed by atoms with van der Waals surface area (Å²) in [7, 11) is 0. The van der Waals surface area contributed by atoms with Crippen molar-refractivity contribution in [2.75, 3.05) is 0 Å². The van der Waals surface area contributed by atoms with Crippen LogP contribution >= 0.6 is 11.3 Å². The number of rotatable bonds is 5. The molecule has 0 amide bonds. The molecule has 3 aromatic rings. The van der Waals surface area contributed by atoms with E-state index in [2.05, 4.69) is 10.1 Å². The predicted molar refractivity (Wildman–Crippen MR) is 93.5 cm³/mol. The number of hydrogen-bond donors (Lipinski definition) is 0. The minimum Gasteiger partial charge on any atom is -0.289 e. The van der Waals surface area contributed by atoms with Crippen molar-refractivity contribution in [1.82, 2.24) is 14.8 Å². The van der Waals surface area contributed by atoms with Crippen LogP contribution in [0.5, 0.6) is 0 Å². The highest BCUT2D eigenvalue weighted by Gasteiger charge is 2.08. The Labute approximate surface area is 143 Å². The third-order valence-electron chi connectivity index (χ3n) is 3.43.